The Balaban J connectivity index is 2.18. The van der Waals surface area contributed by atoms with Crippen molar-refractivity contribution in [3.8, 4) is 11.5 Å². The van der Waals surface area contributed by atoms with Gasteiger partial charge in [-0.2, -0.15) is 0 Å². The zero-order valence-corrected chi connectivity index (χ0v) is 12.3. The average Bonchev–Trinajstić information content (AvgIpc) is 2.43. The van der Waals surface area contributed by atoms with Gasteiger partial charge in [0.1, 0.15) is 0 Å². The number of methoxy groups -OCH3 is 2. The molecule has 0 unspecified atom stereocenters. The maximum Gasteiger partial charge on any atom is 0.165 e. The van der Waals surface area contributed by atoms with E-state index in [2.05, 4.69) is 30.1 Å². The van der Waals surface area contributed by atoms with Gasteiger partial charge >= 0.3 is 0 Å². The predicted octanol–water partition coefficient (Wildman–Crippen LogP) is 1.89. The van der Waals surface area contributed by atoms with Crippen LogP contribution in [0.2, 0.25) is 0 Å². The summed E-state index contributed by atoms with van der Waals surface area (Å²) in [6, 6.07) is 7.11. The lowest BCUT2D eigenvalue weighted by molar-refractivity contribution is 0.129. The van der Waals surface area contributed by atoms with Gasteiger partial charge in [-0.05, 0) is 19.9 Å². The molecule has 0 radical (unpaired) electrons. The molecule has 0 amide bonds. The first kappa shape index (κ1) is 14.2. The lowest BCUT2D eigenvalue weighted by atomic mass is 10.1. The standard InChI is InChI=1S/C15H24N2O2/c1-11-12(2)17(9-8-16-11)10-13-6-5-7-14(18-3)15(13)19-4/h5-7,11-12,16H,8-10H2,1-4H3/t11-,12-/m1/s1. The third-order valence-electron chi connectivity index (χ3n) is 4.02. The molecule has 1 aromatic carbocycles. The summed E-state index contributed by atoms with van der Waals surface area (Å²) >= 11 is 0. The van der Waals surface area contributed by atoms with Crippen molar-refractivity contribution in [1.29, 1.82) is 0 Å². The van der Waals surface area contributed by atoms with E-state index in [-0.39, 0.29) is 0 Å². The largest absolute Gasteiger partial charge is 0.493 e. The molecule has 4 nitrogen and oxygen atoms in total. The molecule has 0 saturated carbocycles. The normalized spacial score (nSPS) is 24.2. The Labute approximate surface area is 115 Å². The summed E-state index contributed by atoms with van der Waals surface area (Å²) < 4.78 is 10.9. The van der Waals surface area contributed by atoms with E-state index in [0.717, 1.165) is 31.1 Å². The van der Waals surface area contributed by atoms with Crippen LogP contribution < -0.4 is 14.8 Å². The summed E-state index contributed by atoms with van der Waals surface area (Å²) in [6.45, 7) is 7.50. The highest BCUT2D eigenvalue weighted by atomic mass is 16.5. The van der Waals surface area contributed by atoms with E-state index >= 15 is 0 Å². The van der Waals surface area contributed by atoms with E-state index in [1.807, 2.05) is 12.1 Å². The third-order valence-corrected chi connectivity index (χ3v) is 4.02. The van der Waals surface area contributed by atoms with E-state index in [1.54, 1.807) is 14.2 Å². The van der Waals surface area contributed by atoms with Crippen LogP contribution in [-0.4, -0.2) is 44.3 Å². The molecule has 0 aromatic heterocycles. The molecule has 106 valence electrons. The van der Waals surface area contributed by atoms with Crippen molar-refractivity contribution in [1.82, 2.24) is 10.2 Å². The number of nitrogens with one attached hydrogen (secondary N) is 1. The smallest absolute Gasteiger partial charge is 0.165 e. The highest BCUT2D eigenvalue weighted by molar-refractivity contribution is 5.46. The van der Waals surface area contributed by atoms with Gasteiger partial charge in [0.2, 0.25) is 0 Å². The molecular formula is C15H24N2O2. The number of ether oxygens (including phenoxy) is 2. The van der Waals surface area contributed by atoms with Crippen LogP contribution in [-0.2, 0) is 6.54 Å². The number of hydrogen-bond acceptors (Lipinski definition) is 4. The van der Waals surface area contributed by atoms with E-state index in [4.69, 9.17) is 9.47 Å². The van der Waals surface area contributed by atoms with Gasteiger partial charge < -0.3 is 14.8 Å². The third kappa shape index (κ3) is 3.01. The molecule has 1 saturated heterocycles. The molecule has 2 atom stereocenters. The fraction of sp³-hybridized carbons (Fsp3) is 0.600. The van der Waals surface area contributed by atoms with Gasteiger partial charge in [0.05, 0.1) is 14.2 Å². The maximum atomic E-state index is 5.50. The molecule has 1 heterocycles. The van der Waals surface area contributed by atoms with Crippen LogP contribution in [0.3, 0.4) is 0 Å². The van der Waals surface area contributed by atoms with Crippen molar-refractivity contribution in [3.63, 3.8) is 0 Å². The van der Waals surface area contributed by atoms with Crippen molar-refractivity contribution in [2.24, 2.45) is 0 Å². The quantitative estimate of drug-likeness (QED) is 0.900. The molecule has 0 aliphatic carbocycles. The van der Waals surface area contributed by atoms with Crippen molar-refractivity contribution < 1.29 is 9.47 Å². The van der Waals surface area contributed by atoms with Crippen LogP contribution in [0.15, 0.2) is 18.2 Å². The minimum Gasteiger partial charge on any atom is -0.493 e. The van der Waals surface area contributed by atoms with E-state index in [0.29, 0.717) is 12.1 Å². The van der Waals surface area contributed by atoms with Crippen molar-refractivity contribution in [2.75, 3.05) is 27.3 Å². The minimum atomic E-state index is 0.518. The van der Waals surface area contributed by atoms with Crippen LogP contribution >= 0.6 is 0 Å². The highest BCUT2D eigenvalue weighted by Gasteiger charge is 2.25. The van der Waals surface area contributed by atoms with Crippen LogP contribution in [0.4, 0.5) is 0 Å². The van der Waals surface area contributed by atoms with Crippen LogP contribution in [0, 0.1) is 0 Å². The fourth-order valence-corrected chi connectivity index (χ4v) is 2.65. The van der Waals surface area contributed by atoms with E-state index < -0.39 is 0 Å². The molecule has 2 rings (SSSR count). The molecule has 1 N–H and O–H groups in total. The maximum absolute atomic E-state index is 5.50. The minimum absolute atomic E-state index is 0.518. The van der Waals surface area contributed by atoms with Gasteiger partial charge in [0.15, 0.2) is 11.5 Å². The van der Waals surface area contributed by atoms with Gasteiger partial charge in [-0.25, -0.2) is 0 Å². The van der Waals surface area contributed by atoms with Gasteiger partial charge in [0, 0.05) is 37.3 Å². The first-order valence-corrected chi connectivity index (χ1v) is 6.84. The van der Waals surface area contributed by atoms with E-state index in [1.165, 1.54) is 5.56 Å². The van der Waals surface area contributed by atoms with Gasteiger partial charge in [-0.3, -0.25) is 4.90 Å². The first-order chi connectivity index (χ1) is 9.17. The summed E-state index contributed by atoms with van der Waals surface area (Å²) in [4.78, 5) is 2.48. The Kier molecular flexibility index (Phi) is 4.66. The zero-order chi connectivity index (χ0) is 13.8. The number of piperazine rings is 1. The second-order valence-electron chi connectivity index (χ2n) is 5.11. The second-order valence-corrected chi connectivity index (χ2v) is 5.11. The molecule has 1 aromatic rings. The zero-order valence-electron chi connectivity index (χ0n) is 12.3. The van der Waals surface area contributed by atoms with Crippen LogP contribution in [0.25, 0.3) is 0 Å². The molecule has 0 bridgehead atoms. The van der Waals surface area contributed by atoms with Crippen molar-refractivity contribution in [2.45, 2.75) is 32.5 Å². The summed E-state index contributed by atoms with van der Waals surface area (Å²) in [6.07, 6.45) is 0. The lowest BCUT2D eigenvalue weighted by Crippen LogP contribution is -2.54. The molecular weight excluding hydrogens is 240 g/mol. The highest BCUT2D eigenvalue weighted by Crippen LogP contribution is 2.32. The summed E-state index contributed by atoms with van der Waals surface area (Å²) in [5.41, 5.74) is 1.18. The Morgan fingerprint density at radius 1 is 1.26 bits per heavy atom. The van der Waals surface area contributed by atoms with Gasteiger partial charge in [-0.1, -0.05) is 12.1 Å². The van der Waals surface area contributed by atoms with Gasteiger partial charge in [-0.15, -0.1) is 0 Å². The Hall–Kier alpha value is -1.26. The second kappa shape index (κ2) is 6.26. The summed E-state index contributed by atoms with van der Waals surface area (Å²) in [7, 11) is 3.38. The summed E-state index contributed by atoms with van der Waals surface area (Å²) in [5.74, 6) is 1.65. The van der Waals surface area contributed by atoms with E-state index in [9.17, 15) is 0 Å². The molecule has 1 fully saturated rings. The number of rotatable bonds is 4. The predicted molar refractivity (Wildman–Crippen MR) is 76.9 cm³/mol. The molecule has 4 heteroatoms. The lowest BCUT2D eigenvalue weighted by Gasteiger charge is -2.38. The molecule has 1 aliphatic heterocycles. The van der Waals surface area contributed by atoms with Crippen molar-refractivity contribution in [3.05, 3.63) is 23.8 Å². The Morgan fingerprint density at radius 3 is 2.74 bits per heavy atom. The van der Waals surface area contributed by atoms with Crippen LogP contribution in [0.5, 0.6) is 11.5 Å². The van der Waals surface area contributed by atoms with Crippen molar-refractivity contribution >= 4 is 0 Å². The number of para-hydroxylation sites is 1. The number of hydrogen-bond donors (Lipinski definition) is 1. The topological polar surface area (TPSA) is 33.7 Å². The molecule has 19 heavy (non-hydrogen) atoms. The number of benzene rings is 1. The fourth-order valence-electron chi connectivity index (χ4n) is 2.65. The Morgan fingerprint density at radius 2 is 2.05 bits per heavy atom. The molecule has 1 aliphatic rings. The van der Waals surface area contributed by atoms with Gasteiger partial charge in [0.25, 0.3) is 0 Å². The average molecular weight is 264 g/mol. The Bertz CT molecular complexity index is 423. The SMILES string of the molecule is COc1cccc(CN2CCN[C@H](C)[C@H]2C)c1OC. The molecule has 0 spiro atoms. The summed E-state index contributed by atoms with van der Waals surface area (Å²) in [5, 5.41) is 3.50. The number of nitrogens with zero attached hydrogens (tertiary/aromatic N) is 1. The monoisotopic (exact) mass is 264 g/mol. The van der Waals surface area contributed by atoms with Crippen LogP contribution in [0.1, 0.15) is 19.4 Å². The first-order valence-electron chi connectivity index (χ1n) is 6.84.